The van der Waals surface area contributed by atoms with Crippen LogP contribution < -0.4 is 0 Å². The van der Waals surface area contributed by atoms with Crippen LogP contribution in [-0.2, 0) is 12.7 Å². The van der Waals surface area contributed by atoms with Crippen LogP contribution in [0.2, 0.25) is 0 Å². The van der Waals surface area contributed by atoms with Gasteiger partial charge in [-0.2, -0.15) is 24.5 Å². The van der Waals surface area contributed by atoms with Gasteiger partial charge in [0.25, 0.3) is 5.91 Å². The molecule has 4 rings (SSSR count). The first-order valence-electron chi connectivity index (χ1n) is 12.1. The van der Waals surface area contributed by atoms with Crippen molar-refractivity contribution in [1.82, 2.24) is 9.80 Å². The Hall–Kier alpha value is -2.71. The molecule has 2 aromatic carbocycles. The molecule has 8 heteroatoms. The number of rotatable bonds is 8. The molecule has 192 valence electrons. The summed E-state index contributed by atoms with van der Waals surface area (Å²) in [5.74, 6) is -0.601. The Bertz CT molecular complexity index is 1150. The minimum atomic E-state index is -4.41. The predicted octanol–water partition coefficient (Wildman–Crippen LogP) is 6.92. The Morgan fingerprint density at radius 1 is 1.11 bits per heavy atom. The molecule has 0 saturated carbocycles. The zero-order valence-corrected chi connectivity index (χ0v) is 21.2. The normalized spacial score (nSPS) is 18.6. The van der Waals surface area contributed by atoms with Crippen LogP contribution in [-0.4, -0.2) is 41.9 Å². The first kappa shape index (κ1) is 26.4. The van der Waals surface area contributed by atoms with E-state index in [-0.39, 0.29) is 23.7 Å². The van der Waals surface area contributed by atoms with Gasteiger partial charge in [-0.05, 0) is 70.1 Å². The summed E-state index contributed by atoms with van der Waals surface area (Å²) in [4.78, 5) is 17.4. The molecule has 1 aliphatic heterocycles. The summed E-state index contributed by atoms with van der Waals surface area (Å²) in [6.07, 6.45) is -4.41. The molecule has 0 radical (unpaired) electrons. The Kier molecular flexibility index (Phi) is 8.15. The van der Waals surface area contributed by atoms with Crippen LogP contribution in [0, 0.1) is 17.7 Å². The number of carbonyl (C=O) groups excluding carboxylic acids is 1. The van der Waals surface area contributed by atoms with E-state index in [0.717, 1.165) is 6.07 Å². The fourth-order valence-electron chi connectivity index (χ4n) is 4.98. The molecule has 3 aromatic rings. The summed E-state index contributed by atoms with van der Waals surface area (Å²) in [5.41, 5.74) is 1.56. The van der Waals surface area contributed by atoms with E-state index in [4.69, 9.17) is 0 Å². The van der Waals surface area contributed by atoms with Crippen molar-refractivity contribution in [2.75, 3.05) is 26.2 Å². The number of carbonyl (C=O) groups is 1. The highest BCUT2D eigenvalue weighted by Crippen LogP contribution is 2.37. The van der Waals surface area contributed by atoms with Crippen LogP contribution in [0.25, 0.3) is 0 Å². The topological polar surface area (TPSA) is 23.6 Å². The van der Waals surface area contributed by atoms with E-state index < -0.39 is 17.6 Å². The molecule has 0 aliphatic carbocycles. The highest BCUT2D eigenvalue weighted by atomic mass is 32.1. The first-order valence-corrected chi connectivity index (χ1v) is 13.0. The van der Waals surface area contributed by atoms with Crippen LogP contribution in [0.1, 0.15) is 46.8 Å². The van der Waals surface area contributed by atoms with Gasteiger partial charge >= 0.3 is 6.18 Å². The van der Waals surface area contributed by atoms with Crippen molar-refractivity contribution in [3.8, 4) is 0 Å². The van der Waals surface area contributed by atoms with Crippen LogP contribution >= 0.6 is 11.3 Å². The van der Waals surface area contributed by atoms with Crippen molar-refractivity contribution < 1.29 is 22.4 Å². The predicted molar refractivity (Wildman–Crippen MR) is 134 cm³/mol. The lowest BCUT2D eigenvalue weighted by molar-refractivity contribution is -0.137. The van der Waals surface area contributed by atoms with E-state index >= 15 is 0 Å². The summed E-state index contributed by atoms with van der Waals surface area (Å²) < 4.78 is 53.8. The standard InChI is InChI=1S/C28H30F4N2OS/c1-19(2)13-34(27(35)21-6-8-25(29)9-7-21)16-23-15-33(14-20-10-11-36-18-20)17-26(23)22-4-3-5-24(12-22)28(30,31)32/h3-12,18-19,23,26H,13-17H2,1-2H3/t23-,26-/m0/s1. The maximum atomic E-state index is 13.5. The molecule has 3 nitrogen and oxygen atoms in total. The van der Waals surface area contributed by atoms with Gasteiger partial charge in [0.05, 0.1) is 5.56 Å². The summed E-state index contributed by atoms with van der Waals surface area (Å²) >= 11 is 1.61. The Morgan fingerprint density at radius 2 is 1.86 bits per heavy atom. The molecule has 2 heterocycles. The van der Waals surface area contributed by atoms with Crippen molar-refractivity contribution in [2.24, 2.45) is 11.8 Å². The van der Waals surface area contributed by atoms with Gasteiger partial charge in [-0.25, -0.2) is 4.39 Å². The third-order valence-corrected chi connectivity index (χ3v) is 7.30. The maximum absolute atomic E-state index is 13.5. The van der Waals surface area contributed by atoms with Crippen molar-refractivity contribution in [1.29, 1.82) is 0 Å². The SMILES string of the molecule is CC(C)CN(C[C@@H]1CN(Cc2ccsc2)C[C@H]1c1cccc(C(F)(F)F)c1)C(=O)c1ccc(F)cc1. The lowest BCUT2D eigenvalue weighted by Crippen LogP contribution is -2.39. The van der Waals surface area contributed by atoms with Gasteiger partial charge < -0.3 is 4.90 Å². The molecule has 0 unspecified atom stereocenters. The van der Waals surface area contributed by atoms with Gasteiger partial charge in [0.2, 0.25) is 0 Å². The number of hydrogen-bond acceptors (Lipinski definition) is 3. The molecule has 1 saturated heterocycles. The highest BCUT2D eigenvalue weighted by molar-refractivity contribution is 7.07. The van der Waals surface area contributed by atoms with Crippen LogP contribution in [0.3, 0.4) is 0 Å². The summed E-state index contributed by atoms with van der Waals surface area (Å²) in [6.45, 7) is 6.96. The number of halogens is 4. The second-order valence-corrected chi connectivity index (χ2v) is 10.7. The van der Waals surface area contributed by atoms with Crippen LogP contribution in [0.15, 0.2) is 65.4 Å². The molecule has 0 bridgehead atoms. The van der Waals surface area contributed by atoms with Gasteiger partial charge in [-0.15, -0.1) is 0 Å². The van der Waals surface area contributed by atoms with E-state index in [2.05, 4.69) is 16.3 Å². The minimum absolute atomic E-state index is 0.0460. The average molecular weight is 519 g/mol. The molecular weight excluding hydrogens is 488 g/mol. The van der Waals surface area contributed by atoms with E-state index in [0.29, 0.717) is 43.9 Å². The number of benzene rings is 2. The van der Waals surface area contributed by atoms with Crippen molar-refractivity contribution in [2.45, 2.75) is 32.5 Å². The Morgan fingerprint density at radius 3 is 2.50 bits per heavy atom. The second kappa shape index (κ2) is 11.1. The highest BCUT2D eigenvalue weighted by Gasteiger charge is 2.38. The van der Waals surface area contributed by atoms with E-state index in [1.54, 1.807) is 22.3 Å². The summed E-state index contributed by atoms with van der Waals surface area (Å²) in [6, 6.07) is 13.1. The third-order valence-electron chi connectivity index (χ3n) is 6.56. The van der Waals surface area contributed by atoms with Crippen molar-refractivity contribution >= 4 is 17.2 Å². The number of nitrogens with zero attached hydrogens (tertiary/aromatic N) is 2. The van der Waals surface area contributed by atoms with E-state index in [1.807, 2.05) is 19.2 Å². The van der Waals surface area contributed by atoms with Crippen LogP contribution in [0.4, 0.5) is 17.6 Å². The van der Waals surface area contributed by atoms with Gasteiger partial charge in [0, 0.05) is 44.2 Å². The van der Waals surface area contributed by atoms with Crippen molar-refractivity contribution in [3.63, 3.8) is 0 Å². The third kappa shape index (κ3) is 6.53. The molecule has 1 aliphatic rings. The second-order valence-electron chi connectivity index (χ2n) is 9.93. The quantitative estimate of drug-likeness (QED) is 0.302. The largest absolute Gasteiger partial charge is 0.416 e. The lowest BCUT2D eigenvalue weighted by atomic mass is 9.87. The number of likely N-dealkylation sites (tertiary alicyclic amines) is 1. The molecular formula is C28H30F4N2OS. The van der Waals surface area contributed by atoms with Gasteiger partial charge in [-0.1, -0.05) is 32.0 Å². The van der Waals surface area contributed by atoms with Gasteiger partial charge in [0.1, 0.15) is 5.82 Å². The Balaban J connectivity index is 1.62. The first-order chi connectivity index (χ1) is 17.1. The maximum Gasteiger partial charge on any atom is 0.416 e. The summed E-state index contributed by atoms with van der Waals surface area (Å²) in [7, 11) is 0. The summed E-state index contributed by atoms with van der Waals surface area (Å²) in [5, 5.41) is 4.09. The number of hydrogen-bond donors (Lipinski definition) is 0. The van der Waals surface area contributed by atoms with Crippen molar-refractivity contribution in [3.05, 3.63) is 93.4 Å². The minimum Gasteiger partial charge on any atom is -0.338 e. The molecule has 0 N–H and O–H groups in total. The molecule has 0 spiro atoms. The molecule has 1 amide bonds. The molecule has 2 atom stereocenters. The monoisotopic (exact) mass is 518 g/mol. The van der Waals surface area contributed by atoms with E-state index in [1.165, 1.54) is 42.0 Å². The Labute approximate surface area is 213 Å². The smallest absolute Gasteiger partial charge is 0.338 e. The fourth-order valence-corrected chi connectivity index (χ4v) is 5.64. The van der Waals surface area contributed by atoms with Gasteiger partial charge in [0.15, 0.2) is 0 Å². The number of alkyl halides is 3. The van der Waals surface area contributed by atoms with Crippen LogP contribution in [0.5, 0.6) is 0 Å². The fraction of sp³-hybridized carbons (Fsp3) is 0.393. The zero-order chi connectivity index (χ0) is 25.9. The molecule has 1 aromatic heterocycles. The van der Waals surface area contributed by atoms with Gasteiger partial charge in [-0.3, -0.25) is 9.69 Å². The van der Waals surface area contributed by atoms with E-state index in [9.17, 15) is 22.4 Å². The average Bonchev–Trinajstić information content (AvgIpc) is 3.48. The molecule has 36 heavy (non-hydrogen) atoms. The zero-order valence-electron chi connectivity index (χ0n) is 20.3. The number of amides is 1. The number of thiophene rings is 1. The molecule has 1 fully saturated rings. The lowest BCUT2D eigenvalue weighted by Gasteiger charge is -2.30.